The van der Waals surface area contributed by atoms with Crippen LogP contribution in [0.2, 0.25) is 5.02 Å². The van der Waals surface area contributed by atoms with Crippen molar-refractivity contribution in [2.75, 3.05) is 0 Å². The molecule has 0 unspecified atom stereocenters. The molecule has 21 heavy (non-hydrogen) atoms. The largest absolute Gasteiger partial charge is 2.00 e. The van der Waals surface area contributed by atoms with Gasteiger partial charge in [-0.15, -0.1) is 0 Å². The van der Waals surface area contributed by atoms with Crippen LogP contribution in [-0.4, -0.2) is 38.2 Å². The summed E-state index contributed by atoms with van der Waals surface area (Å²) in [6.07, 6.45) is 9.09. The molecule has 0 aliphatic heterocycles. The summed E-state index contributed by atoms with van der Waals surface area (Å²) >= 11 is 6.08. The van der Waals surface area contributed by atoms with E-state index >= 15 is 0 Å². The van der Waals surface area contributed by atoms with E-state index in [0.29, 0.717) is 16.5 Å². The van der Waals surface area contributed by atoms with Crippen LogP contribution >= 0.6 is 11.6 Å². The van der Waals surface area contributed by atoms with Crippen molar-refractivity contribution in [3.8, 4) is 0 Å². The van der Waals surface area contributed by atoms with Crippen molar-refractivity contribution >= 4 is 46.0 Å². The molecule has 1 saturated carbocycles. The van der Waals surface area contributed by atoms with E-state index in [-0.39, 0.29) is 51.7 Å². The Morgan fingerprint density at radius 2 is 2.00 bits per heavy atom. The number of rotatable bonds is 2. The summed E-state index contributed by atoms with van der Waals surface area (Å²) in [7, 11) is 0. The number of imidazole rings is 1. The maximum absolute atomic E-state index is 12.7. The Balaban J connectivity index is 0.00000110. The summed E-state index contributed by atoms with van der Waals surface area (Å²) in [6.45, 7) is 4.07. The molecule has 108 valence electrons. The quantitative estimate of drug-likeness (QED) is 0.431. The molecule has 6 heteroatoms. The minimum absolute atomic E-state index is 0. The van der Waals surface area contributed by atoms with E-state index in [1.807, 2.05) is 4.40 Å². The number of carbonyl (C=O) groups is 1. The van der Waals surface area contributed by atoms with Gasteiger partial charge in [-0.1, -0.05) is 24.4 Å². The molecule has 0 atom stereocenters. The van der Waals surface area contributed by atoms with Crippen molar-refractivity contribution in [3.05, 3.63) is 42.3 Å². The zero-order valence-corrected chi connectivity index (χ0v) is 15.5. The van der Waals surface area contributed by atoms with E-state index < -0.39 is 0 Å². The van der Waals surface area contributed by atoms with Crippen molar-refractivity contribution in [1.82, 2.24) is 9.38 Å². The van der Waals surface area contributed by atoms with Gasteiger partial charge in [0.1, 0.15) is 0 Å². The maximum atomic E-state index is 12.7. The first-order valence-electron chi connectivity index (χ1n) is 6.63. The van der Waals surface area contributed by atoms with Crippen LogP contribution in [0.4, 0.5) is 0 Å². The second-order valence-electron chi connectivity index (χ2n) is 5.34. The monoisotopic (exact) mass is 378 g/mol. The Bertz CT molecular complexity index is 623. The van der Waals surface area contributed by atoms with Gasteiger partial charge in [0.2, 0.25) is 0 Å². The summed E-state index contributed by atoms with van der Waals surface area (Å²) in [4.78, 5) is 16.7. The predicted molar refractivity (Wildman–Crippen MR) is 81.1 cm³/mol. The Labute approximate surface area is 156 Å². The van der Waals surface area contributed by atoms with Crippen LogP contribution in [0.15, 0.2) is 24.8 Å². The molecule has 3 rings (SSSR count). The number of Topliss-reactive ketones (excluding diaryl/α,β-unsaturated/α-hetero) is 1. The van der Waals surface area contributed by atoms with Crippen LogP contribution in [-0.2, 0) is 0 Å². The Kier molecular flexibility index (Phi) is 7.17. The van der Waals surface area contributed by atoms with Gasteiger partial charge in [0, 0.05) is 17.7 Å². The summed E-state index contributed by atoms with van der Waals surface area (Å²) in [5.41, 5.74) is 1.53. The number of hydrogen-bond acceptors (Lipinski definition) is 2. The second-order valence-corrected chi connectivity index (χ2v) is 5.78. The van der Waals surface area contributed by atoms with E-state index in [4.69, 9.17) is 11.6 Å². The zero-order valence-electron chi connectivity index (χ0n) is 11.8. The molecule has 0 saturated heterocycles. The van der Waals surface area contributed by atoms with E-state index in [1.54, 1.807) is 24.8 Å². The average Bonchev–Trinajstić information content (AvgIpc) is 2.85. The number of hydrogen-bond donors (Lipinski definition) is 0. The van der Waals surface area contributed by atoms with E-state index in [9.17, 15) is 4.79 Å². The fourth-order valence-corrected chi connectivity index (χ4v) is 3.05. The third kappa shape index (κ3) is 4.00. The molecule has 0 aromatic carbocycles. The van der Waals surface area contributed by atoms with E-state index in [0.717, 1.165) is 31.2 Å². The molecular weight excluding hydrogens is 364 g/mol. The Morgan fingerprint density at radius 1 is 1.33 bits per heavy atom. The molecule has 2 aromatic rings. The Morgan fingerprint density at radius 3 is 2.67 bits per heavy atom. The number of carbonyl (C=O) groups excluding carboxylic acids is 1. The van der Waals surface area contributed by atoms with Gasteiger partial charge in [0.05, 0.1) is 23.1 Å². The predicted octanol–water partition coefficient (Wildman–Crippen LogP) is 0.434. The summed E-state index contributed by atoms with van der Waals surface area (Å²) < 4.78 is 1.81. The normalized spacial score (nSPS) is 21.4. The molecule has 0 spiro atoms. The molecule has 0 amide bonds. The van der Waals surface area contributed by atoms with E-state index in [2.05, 4.69) is 11.9 Å². The standard InChI is InChI=1S/C15H16ClN2O.BrH.Mg/c1-10-2-4-11(5-3-10)15(19)13-6-12(16)8-18-9-17-7-14(13)18;;/h6-11H,1-5H2;1H;/q-1;;+2/p-1. The van der Waals surface area contributed by atoms with Crippen LogP contribution in [0, 0.1) is 18.8 Å². The summed E-state index contributed by atoms with van der Waals surface area (Å²) in [6, 6.07) is 1.76. The van der Waals surface area contributed by atoms with Gasteiger partial charge in [-0.25, -0.2) is 4.98 Å². The fraction of sp³-hybridized carbons (Fsp3) is 0.400. The molecule has 1 aliphatic carbocycles. The molecule has 3 nitrogen and oxygen atoms in total. The van der Waals surface area contributed by atoms with Crippen molar-refractivity contribution in [1.29, 1.82) is 0 Å². The fourth-order valence-electron chi connectivity index (χ4n) is 2.84. The van der Waals surface area contributed by atoms with Gasteiger partial charge >= 0.3 is 23.1 Å². The summed E-state index contributed by atoms with van der Waals surface area (Å²) in [5, 5.41) is 0.569. The van der Waals surface area contributed by atoms with Gasteiger partial charge in [0.15, 0.2) is 5.78 Å². The molecular formula is C15H16BrClMgN2O. The number of nitrogens with zero attached hydrogens (tertiary/aromatic N) is 2. The van der Waals surface area contributed by atoms with Crippen LogP contribution in [0.5, 0.6) is 0 Å². The van der Waals surface area contributed by atoms with Gasteiger partial charge in [-0.05, 0) is 18.9 Å². The maximum Gasteiger partial charge on any atom is 2.00 e. The Hall–Kier alpha value is -0.104. The van der Waals surface area contributed by atoms with Crippen LogP contribution < -0.4 is 17.0 Å². The molecule has 0 N–H and O–H groups in total. The van der Waals surface area contributed by atoms with Crippen molar-refractivity contribution in [2.45, 2.75) is 25.7 Å². The van der Waals surface area contributed by atoms with Gasteiger partial charge in [-0.2, -0.15) is 5.92 Å². The van der Waals surface area contributed by atoms with Crippen molar-refractivity contribution < 1.29 is 21.8 Å². The number of pyridine rings is 1. The first-order chi connectivity index (χ1) is 9.15. The number of halogens is 2. The molecule has 0 radical (unpaired) electrons. The van der Waals surface area contributed by atoms with E-state index in [1.165, 1.54) is 0 Å². The SMILES string of the molecule is [Br-].[CH2-]C1CCC(C(=O)c2cc(Cl)cn3cncc23)CC1.[Mg+2]. The number of ketones is 1. The average molecular weight is 380 g/mol. The van der Waals surface area contributed by atoms with Crippen LogP contribution in [0.25, 0.3) is 5.52 Å². The molecule has 1 fully saturated rings. The molecule has 0 bridgehead atoms. The number of fused-ring (bicyclic) bond motifs is 1. The third-order valence-electron chi connectivity index (χ3n) is 3.97. The second kappa shape index (κ2) is 7.95. The van der Waals surface area contributed by atoms with Gasteiger partial charge < -0.3 is 28.3 Å². The minimum atomic E-state index is 0. The zero-order chi connectivity index (χ0) is 13.4. The first-order valence-corrected chi connectivity index (χ1v) is 7.01. The van der Waals surface area contributed by atoms with Crippen molar-refractivity contribution in [2.24, 2.45) is 11.8 Å². The number of aromatic nitrogens is 2. The van der Waals surface area contributed by atoms with Gasteiger partial charge in [-0.3, -0.25) is 4.79 Å². The van der Waals surface area contributed by atoms with Gasteiger partial charge in [0.25, 0.3) is 0 Å². The smallest absolute Gasteiger partial charge is 1.00 e. The molecule has 2 aromatic heterocycles. The van der Waals surface area contributed by atoms with Crippen molar-refractivity contribution in [3.63, 3.8) is 0 Å². The molecule has 2 heterocycles. The van der Waals surface area contributed by atoms with Crippen LogP contribution in [0.3, 0.4) is 0 Å². The minimum Gasteiger partial charge on any atom is -1.00 e. The topological polar surface area (TPSA) is 34.4 Å². The van der Waals surface area contributed by atoms with Crippen LogP contribution in [0.1, 0.15) is 36.0 Å². The summed E-state index contributed by atoms with van der Waals surface area (Å²) in [5.74, 6) is 0.800. The third-order valence-corrected chi connectivity index (χ3v) is 4.18. The first kappa shape index (κ1) is 18.9. The molecule has 1 aliphatic rings.